The normalized spacial score (nSPS) is 11.3. The smallest absolute Gasteiger partial charge is 0.255 e. The molecule has 3 aromatic carbocycles. The summed E-state index contributed by atoms with van der Waals surface area (Å²) < 4.78 is 13.3. The lowest BCUT2D eigenvalue weighted by molar-refractivity contribution is -0.116. The maximum atomic E-state index is 13.3. The van der Waals surface area contributed by atoms with Gasteiger partial charge in [0.15, 0.2) is 0 Å². The number of halogens is 1. The molecule has 5 nitrogen and oxygen atoms in total. The van der Waals surface area contributed by atoms with Crippen LogP contribution in [0.1, 0.15) is 35.3 Å². The molecule has 0 radical (unpaired) electrons. The van der Waals surface area contributed by atoms with E-state index < -0.39 is 0 Å². The maximum Gasteiger partial charge on any atom is 0.255 e. The lowest BCUT2D eigenvalue weighted by Crippen LogP contribution is -2.30. The summed E-state index contributed by atoms with van der Waals surface area (Å²) in [7, 11) is 0. The molecule has 0 unspecified atom stereocenters. The topological polar surface area (TPSA) is 84.2 Å². The van der Waals surface area contributed by atoms with Crippen molar-refractivity contribution in [1.82, 2.24) is 5.32 Å². The van der Waals surface area contributed by atoms with E-state index in [9.17, 15) is 14.0 Å². The van der Waals surface area contributed by atoms with Gasteiger partial charge in [-0.3, -0.25) is 9.59 Å². The Kier molecular flexibility index (Phi) is 6.82. The summed E-state index contributed by atoms with van der Waals surface area (Å²) in [6.07, 6.45) is 1.71. The largest absolute Gasteiger partial charge is 0.397 e. The monoisotopic (exact) mass is 417 g/mol. The predicted octanol–water partition coefficient (Wildman–Crippen LogP) is 4.73. The summed E-state index contributed by atoms with van der Waals surface area (Å²) in [4.78, 5) is 25.2. The first-order valence-corrected chi connectivity index (χ1v) is 9.88. The summed E-state index contributed by atoms with van der Waals surface area (Å²) in [5, 5.41) is 5.64. The van der Waals surface area contributed by atoms with E-state index >= 15 is 0 Å². The lowest BCUT2D eigenvalue weighted by atomic mass is 10.0. The molecule has 2 amide bonds. The molecule has 6 heteroatoms. The SMILES string of the molecule is CC(C)NC(=O)C(=Cc1ccc(C(=O)Nc2ccccc2N)cc1)c1ccc(F)cc1. The molecule has 0 aromatic heterocycles. The van der Waals surface area contributed by atoms with E-state index in [1.807, 2.05) is 13.8 Å². The second-order valence-electron chi connectivity index (χ2n) is 7.36. The van der Waals surface area contributed by atoms with E-state index in [1.54, 1.807) is 66.7 Å². The third-order valence-corrected chi connectivity index (χ3v) is 4.51. The number of benzene rings is 3. The fourth-order valence-electron chi connectivity index (χ4n) is 2.95. The van der Waals surface area contributed by atoms with Crippen LogP contribution in [0.25, 0.3) is 11.6 Å². The van der Waals surface area contributed by atoms with E-state index in [0.29, 0.717) is 28.1 Å². The van der Waals surface area contributed by atoms with Gasteiger partial charge in [0, 0.05) is 17.2 Å². The van der Waals surface area contributed by atoms with Crippen LogP contribution in [-0.2, 0) is 4.79 Å². The Morgan fingerprint density at radius 3 is 2.13 bits per heavy atom. The van der Waals surface area contributed by atoms with Gasteiger partial charge < -0.3 is 16.4 Å². The number of nitrogen functional groups attached to an aromatic ring is 1. The average Bonchev–Trinajstić information content (AvgIpc) is 2.74. The predicted molar refractivity (Wildman–Crippen MR) is 123 cm³/mol. The van der Waals surface area contributed by atoms with Crippen molar-refractivity contribution in [3.63, 3.8) is 0 Å². The summed E-state index contributed by atoms with van der Waals surface area (Å²) >= 11 is 0. The van der Waals surface area contributed by atoms with E-state index in [-0.39, 0.29) is 23.7 Å². The van der Waals surface area contributed by atoms with Gasteiger partial charge in [0.05, 0.1) is 11.4 Å². The number of hydrogen-bond donors (Lipinski definition) is 3. The number of amides is 2. The fraction of sp³-hybridized carbons (Fsp3) is 0.120. The Morgan fingerprint density at radius 1 is 0.903 bits per heavy atom. The van der Waals surface area contributed by atoms with Crippen LogP contribution in [0.15, 0.2) is 72.8 Å². The quantitative estimate of drug-likeness (QED) is 0.308. The van der Waals surface area contributed by atoms with Gasteiger partial charge >= 0.3 is 0 Å². The molecule has 4 N–H and O–H groups in total. The van der Waals surface area contributed by atoms with Gasteiger partial charge in [-0.1, -0.05) is 36.4 Å². The van der Waals surface area contributed by atoms with Crippen LogP contribution in [0.4, 0.5) is 15.8 Å². The molecule has 3 aromatic rings. The van der Waals surface area contributed by atoms with Crippen LogP contribution in [0.2, 0.25) is 0 Å². The molecule has 0 aliphatic heterocycles. The summed E-state index contributed by atoms with van der Waals surface area (Å²) in [6, 6.07) is 19.6. The third-order valence-electron chi connectivity index (χ3n) is 4.51. The highest BCUT2D eigenvalue weighted by molar-refractivity contribution is 6.24. The molecule has 158 valence electrons. The third kappa shape index (κ3) is 5.79. The first-order chi connectivity index (χ1) is 14.8. The van der Waals surface area contributed by atoms with Crippen molar-refractivity contribution in [3.8, 4) is 0 Å². The van der Waals surface area contributed by atoms with Crippen LogP contribution in [-0.4, -0.2) is 17.9 Å². The summed E-state index contributed by atoms with van der Waals surface area (Å²) in [6.45, 7) is 3.74. The molecule has 0 atom stereocenters. The first-order valence-electron chi connectivity index (χ1n) is 9.88. The molecule has 0 saturated carbocycles. The van der Waals surface area contributed by atoms with Crippen molar-refractivity contribution in [3.05, 3.63) is 95.3 Å². The second kappa shape index (κ2) is 9.71. The number of carbonyl (C=O) groups is 2. The van der Waals surface area contributed by atoms with Crippen molar-refractivity contribution < 1.29 is 14.0 Å². The number of hydrogen-bond acceptors (Lipinski definition) is 3. The molecule has 0 fully saturated rings. The number of nitrogens with one attached hydrogen (secondary N) is 2. The maximum absolute atomic E-state index is 13.3. The highest BCUT2D eigenvalue weighted by Crippen LogP contribution is 2.21. The van der Waals surface area contributed by atoms with Crippen LogP contribution in [0.3, 0.4) is 0 Å². The molecule has 0 aliphatic rings. The molecular formula is C25H24FN3O2. The Bertz CT molecular complexity index is 1100. The number of anilines is 2. The van der Waals surface area contributed by atoms with Crippen molar-refractivity contribution in [2.45, 2.75) is 19.9 Å². The van der Waals surface area contributed by atoms with Gasteiger partial charge in [-0.05, 0) is 67.4 Å². The molecule has 0 bridgehead atoms. The zero-order chi connectivity index (χ0) is 22.4. The van der Waals surface area contributed by atoms with E-state index in [1.165, 1.54) is 12.1 Å². The zero-order valence-corrected chi connectivity index (χ0v) is 17.4. The standard InChI is InChI=1S/C25H24FN3O2/c1-16(2)28-25(31)21(18-11-13-20(26)14-12-18)15-17-7-9-19(10-8-17)24(30)29-23-6-4-3-5-22(23)27/h3-16H,27H2,1-2H3,(H,28,31)(H,29,30). The van der Waals surface area contributed by atoms with E-state index in [0.717, 1.165) is 5.56 Å². The van der Waals surface area contributed by atoms with Crippen LogP contribution in [0, 0.1) is 5.82 Å². The first kappa shape index (κ1) is 21.8. The minimum Gasteiger partial charge on any atom is -0.397 e. The Balaban J connectivity index is 1.85. The van der Waals surface area contributed by atoms with Gasteiger partial charge in [-0.2, -0.15) is 0 Å². The molecule has 31 heavy (non-hydrogen) atoms. The zero-order valence-electron chi connectivity index (χ0n) is 17.4. The Morgan fingerprint density at radius 2 is 1.52 bits per heavy atom. The van der Waals surface area contributed by atoms with Gasteiger partial charge in [-0.15, -0.1) is 0 Å². The molecular weight excluding hydrogens is 393 g/mol. The number of nitrogens with two attached hydrogens (primary N) is 1. The van der Waals surface area contributed by atoms with Crippen molar-refractivity contribution in [2.24, 2.45) is 0 Å². The minimum absolute atomic E-state index is 0.0483. The van der Waals surface area contributed by atoms with Gasteiger partial charge in [0.25, 0.3) is 11.8 Å². The molecule has 0 spiro atoms. The van der Waals surface area contributed by atoms with Crippen LogP contribution < -0.4 is 16.4 Å². The van der Waals surface area contributed by atoms with Gasteiger partial charge in [0.1, 0.15) is 5.82 Å². The van der Waals surface area contributed by atoms with Crippen LogP contribution >= 0.6 is 0 Å². The minimum atomic E-state index is -0.373. The van der Waals surface area contributed by atoms with Crippen molar-refractivity contribution in [2.75, 3.05) is 11.1 Å². The van der Waals surface area contributed by atoms with Crippen LogP contribution in [0.5, 0.6) is 0 Å². The average molecular weight is 417 g/mol. The fourth-order valence-corrected chi connectivity index (χ4v) is 2.95. The number of para-hydroxylation sites is 2. The highest BCUT2D eigenvalue weighted by Gasteiger charge is 2.14. The molecule has 0 heterocycles. The van der Waals surface area contributed by atoms with Gasteiger partial charge in [-0.25, -0.2) is 4.39 Å². The molecule has 0 aliphatic carbocycles. The highest BCUT2D eigenvalue weighted by atomic mass is 19.1. The van der Waals surface area contributed by atoms with E-state index in [2.05, 4.69) is 10.6 Å². The number of rotatable bonds is 6. The lowest BCUT2D eigenvalue weighted by Gasteiger charge is -2.12. The summed E-state index contributed by atoms with van der Waals surface area (Å²) in [5.41, 5.74) is 9.08. The van der Waals surface area contributed by atoms with Crippen molar-refractivity contribution >= 4 is 34.8 Å². The summed E-state index contributed by atoms with van der Waals surface area (Å²) in [5.74, 6) is -0.922. The van der Waals surface area contributed by atoms with E-state index in [4.69, 9.17) is 5.73 Å². The number of carbonyl (C=O) groups excluding carboxylic acids is 2. The molecule has 3 rings (SSSR count). The molecule has 0 saturated heterocycles. The van der Waals surface area contributed by atoms with Gasteiger partial charge in [0.2, 0.25) is 0 Å². The second-order valence-corrected chi connectivity index (χ2v) is 7.36. The Hall–Kier alpha value is -3.93. The van der Waals surface area contributed by atoms with Crippen molar-refractivity contribution in [1.29, 1.82) is 0 Å². The Labute approximate surface area is 180 Å².